The molecule has 0 aliphatic carbocycles. The molecule has 124 valence electrons. The van der Waals surface area contributed by atoms with E-state index in [2.05, 4.69) is 5.32 Å². The Morgan fingerprint density at radius 1 is 1.35 bits per heavy atom. The predicted octanol–water partition coefficient (Wildman–Crippen LogP) is 0.751. The number of esters is 1. The van der Waals surface area contributed by atoms with Gasteiger partial charge in [0.05, 0.1) is 13.7 Å². The molecule has 0 bridgehead atoms. The van der Waals surface area contributed by atoms with Crippen molar-refractivity contribution in [3.8, 4) is 0 Å². The van der Waals surface area contributed by atoms with E-state index in [0.29, 0.717) is 24.2 Å². The van der Waals surface area contributed by atoms with E-state index in [1.807, 2.05) is 0 Å². The number of ether oxygens (including phenoxy) is 1. The Hall–Kier alpha value is -2.41. The second kappa shape index (κ2) is 7.73. The number of likely N-dealkylation sites (tertiary alicyclic amines) is 1. The van der Waals surface area contributed by atoms with Crippen molar-refractivity contribution >= 4 is 23.5 Å². The van der Waals surface area contributed by atoms with Gasteiger partial charge in [-0.05, 0) is 37.5 Å². The second-order valence-corrected chi connectivity index (χ2v) is 5.37. The number of methoxy groups -OCH3 is 1. The third-order valence-corrected chi connectivity index (χ3v) is 3.82. The normalized spacial score (nSPS) is 17.5. The monoisotopic (exact) mass is 319 g/mol. The number of carbonyl (C=O) groups excluding carboxylic acids is 3. The lowest BCUT2D eigenvalue weighted by Crippen LogP contribution is -2.48. The zero-order valence-electron chi connectivity index (χ0n) is 13.1. The van der Waals surface area contributed by atoms with Gasteiger partial charge in [0, 0.05) is 17.8 Å². The van der Waals surface area contributed by atoms with Crippen LogP contribution in [-0.4, -0.2) is 48.9 Å². The summed E-state index contributed by atoms with van der Waals surface area (Å²) in [5.74, 6) is -0.977. The molecule has 1 aromatic carbocycles. The zero-order chi connectivity index (χ0) is 16.8. The number of piperidine rings is 1. The molecule has 0 spiro atoms. The summed E-state index contributed by atoms with van der Waals surface area (Å²) in [5.41, 5.74) is 6.17. The lowest BCUT2D eigenvalue weighted by Gasteiger charge is -2.33. The Morgan fingerprint density at radius 3 is 2.83 bits per heavy atom. The third kappa shape index (κ3) is 4.07. The van der Waals surface area contributed by atoms with Gasteiger partial charge in [0.1, 0.15) is 6.04 Å². The average Bonchev–Trinajstić information content (AvgIpc) is 2.60. The second-order valence-electron chi connectivity index (χ2n) is 5.37. The molecule has 23 heavy (non-hydrogen) atoms. The number of carbonyl (C=O) groups is 3. The SMILES string of the molecule is COC(=O)C1CCCCN1C(=O)c1cccc(NC(=O)CN)c1. The summed E-state index contributed by atoms with van der Waals surface area (Å²) in [6.07, 6.45) is 2.33. The molecule has 0 radical (unpaired) electrons. The van der Waals surface area contributed by atoms with E-state index in [-0.39, 0.29) is 18.4 Å². The highest BCUT2D eigenvalue weighted by Gasteiger charge is 2.33. The molecule has 2 rings (SSSR count). The van der Waals surface area contributed by atoms with Crippen LogP contribution in [0.5, 0.6) is 0 Å². The van der Waals surface area contributed by atoms with Crippen LogP contribution in [0, 0.1) is 0 Å². The van der Waals surface area contributed by atoms with Crippen molar-refractivity contribution in [2.24, 2.45) is 5.73 Å². The number of benzene rings is 1. The van der Waals surface area contributed by atoms with Crippen molar-refractivity contribution in [2.45, 2.75) is 25.3 Å². The fourth-order valence-electron chi connectivity index (χ4n) is 2.66. The predicted molar refractivity (Wildman–Crippen MR) is 84.8 cm³/mol. The Bertz CT molecular complexity index is 603. The van der Waals surface area contributed by atoms with Gasteiger partial charge in [-0.15, -0.1) is 0 Å². The van der Waals surface area contributed by atoms with Crippen molar-refractivity contribution in [1.82, 2.24) is 4.90 Å². The van der Waals surface area contributed by atoms with Crippen molar-refractivity contribution in [1.29, 1.82) is 0 Å². The van der Waals surface area contributed by atoms with E-state index in [0.717, 1.165) is 12.8 Å². The van der Waals surface area contributed by atoms with Crippen LogP contribution < -0.4 is 11.1 Å². The molecule has 0 saturated carbocycles. The number of hydrogen-bond donors (Lipinski definition) is 2. The van der Waals surface area contributed by atoms with E-state index >= 15 is 0 Å². The van der Waals surface area contributed by atoms with Gasteiger partial charge in [0.15, 0.2) is 0 Å². The number of nitrogens with zero attached hydrogens (tertiary/aromatic N) is 1. The van der Waals surface area contributed by atoms with Gasteiger partial charge in [-0.1, -0.05) is 6.07 Å². The molecule has 1 aromatic rings. The summed E-state index contributed by atoms with van der Waals surface area (Å²) in [6.45, 7) is 0.382. The Kier molecular flexibility index (Phi) is 5.70. The standard InChI is InChI=1S/C16H21N3O4/c1-23-16(22)13-7-2-3-8-19(13)15(21)11-5-4-6-12(9-11)18-14(20)10-17/h4-6,9,13H,2-3,7-8,10,17H2,1H3,(H,18,20). The van der Waals surface area contributed by atoms with Gasteiger partial charge in [-0.2, -0.15) is 0 Å². The van der Waals surface area contributed by atoms with Crippen molar-refractivity contribution in [3.05, 3.63) is 29.8 Å². The maximum Gasteiger partial charge on any atom is 0.328 e. The minimum atomic E-state index is -0.552. The number of amides is 2. The van der Waals surface area contributed by atoms with E-state index in [9.17, 15) is 14.4 Å². The minimum absolute atomic E-state index is 0.130. The van der Waals surface area contributed by atoms with Crippen LogP contribution in [0.4, 0.5) is 5.69 Å². The minimum Gasteiger partial charge on any atom is -0.467 e. The Labute approximate surface area is 134 Å². The van der Waals surface area contributed by atoms with Crippen LogP contribution in [0.3, 0.4) is 0 Å². The molecular formula is C16H21N3O4. The van der Waals surface area contributed by atoms with E-state index in [4.69, 9.17) is 10.5 Å². The first-order chi connectivity index (χ1) is 11.1. The van der Waals surface area contributed by atoms with Crippen LogP contribution in [-0.2, 0) is 14.3 Å². The summed E-state index contributed by atoms with van der Waals surface area (Å²) in [7, 11) is 1.32. The smallest absolute Gasteiger partial charge is 0.328 e. The number of nitrogens with two attached hydrogens (primary N) is 1. The topological polar surface area (TPSA) is 102 Å². The lowest BCUT2D eigenvalue weighted by atomic mass is 10.0. The molecule has 0 aromatic heterocycles. The van der Waals surface area contributed by atoms with Gasteiger partial charge in [0.25, 0.3) is 5.91 Å². The lowest BCUT2D eigenvalue weighted by molar-refractivity contribution is -0.147. The molecule has 1 heterocycles. The fourth-order valence-corrected chi connectivity index (χ4v) is 2.66. The van der Waals surface area contributed by atoms with Gasteiger partial charge < -0.3 is 20.7 Å². The number of rotatable bonds is 4. The summed E-state index contributed by atoms with van der Waals surface area (Å²) in [6, 6.07) is 6.04. The van der Waals surface area contributed by atoms with Crippen molar-refractivity contribution in [3.63, 3.8) is 0 Å². The van der Waals surface area contributed by atoms with Gasteiger partial charge in [-0.25, -0.2) is 4.79 Å². The quantitative estimate of drug-likeness (QED) is 0.798. The van der Waals surface area contributed by atoms with E-state index in [1.54, 1.807) is 29.2 Å². The van der Waals surface area contributed by atoms with Crippen LogP contribution in [0.15, 0.2) is 24.3 Å². The van der Waals surface area contributed by atoms with E-state index in [1.165, 1.54) is 7.11 Å². The van der Waals surface area contributed by atoms with E-state index < -0.39 is 12.0 Å². The first kappa shape index (κ1) is 17.0. The van der Waals surface area contributed by atoms with Gasteiger partial charge in [0.2, 0.25) is 5.91 Å². The van der Waals surface area contributed by atoms with Crippen molar-refractivity contribution in [2.75, 3.05) is 25.5 Å². The van der Waals surface area contributed by atoms with Crippen LogP contribution in [0.2, 0.25) is 0 Å². The number of hydrogen-bond acceptors (Lipinski definition) is 5. The van der Waals surface area contributed by atoms with Crippen molar-refractivity contribution < 1.29 is 19.1 Å². The molecule has 1 aliphatic heterocycles. The zero-order valence-corrected chi connectivity index (χ0v) is 13.1. The molecule has 2 amide bonds. The third-order valence-electron chi connectivity index (χ3n) is 3.82. The number of anilines is 1. The highest BCUT2D eigenvalue weighted by Crippen LogP contribution is 2.22. The summed E-state index contributed by atoms with van der Waals surface area (Å²) >= 11 is 0. The van der Waals surface area contributed by atoms with Gasteiger partial charge in [-0.3, -0.25) is 9.59 Å². The first-order valence-electron chi connectivity index (χ1n) is 7.55. The number of nitrogens with one attached hydrogen (secondary N) is 1. The molecule has 1 saturated heterocycles. The molecular weight excluding hydrogens is 298 g/mol. The molecule has 3 N–H and O–H groups in total. The molecule has 1 fully saturated rings. The summed E-state index contributed by atoms with van der Waals surface area (Å²) in [4.78, 5) is 37.5. The summed E-state index contributed by atoms with van der Waals surface area (Å²) < 4.78 is 4.79. The van der Waals surface area contributed by atoms with Crippen LogP contribution in [0.25, 0.3) is 0 Å². The molecule has 1 atom stereocenters. The maximum absolute atomic E-state index is 12.7. The largest absolute Gasteiger partial charge is 0.467 e. The Morgan fingerprint density at radius 2 is 2.13 bits per heavy atom. The average molecular weight is 319 g/mol. The maximum atomic E-state index is 12.7. The molecule has 1 unspecified atom stereocenters. The fraction of sp³-hybridized carbons (Fsp3) is 0.438. The molecule has 7 heteroatoms. The molecule has 1 aliphatic rings. The Balaban J connectivity index is 2.19. The van der Waals surface area contributed by atoms with Crippen LogP contribution >= 0.6 is 0 Å². The highest BCUT2D eigenvalue weighted by molar-refractivity contribution is 5.99. The highest BCUT2D eigenvalue weighted by atomic mass is 16.5. The first-order valence-corrected chi connectivity index (χ1v) is 7.55. The van der Waals surface area contributed by atoms with Crippen LogP contribution in [0.1, 0.15) is 29.6 Å². The molecule has 7 nitrogen and oxygen atoms in total. The summed E-state index contributed by atoms with van der Waals surface area (Å²) in [5, 5.41) is 2.61. The van der Waals surface area contributed by atoms with Gasteiger partial charge >= 0.3 is 5.97 Å².